The van der Waals surface area contributed by atoms with E-state index in [1.54, 1.807) is 17.4 Å². The molecule has 0 unspecified atom stereocenters. The Hall–Kier alpha value is -1.09. The van der Waals surface area contributed by atoms with Gasteiger partial charge in [-0.1, -0.05) is 6.08 Å². The van der Waals surface area contributed by atoms with Gasteiger partial charge in [0.15, 0.2) is 0 Å². The summed E-state index contributed by atoms with van der Waals surface area (Å²) in [6.07, 6.45) is 1.85. The molecule has 0 aliphatic carbocycles. The SMILES string of the molecule is C/C(=C\CC(=O)O)c1sccc1C. The molecule has 0 saturated heterocycles. The van der Waals surface area contributed by atoms with Gasteiger partial charge in [-0.05, 0) is 36.4 Å². The second-order valence-corrected chi connectivity index (χ2v) is 3.83. The van der Waals surface area contributed by atoms with Crippen LogP contribution in [0.1, 0.15) is 23.8 Å². The van der Waals surface area contributed by atoms with Crippen molar-refractivity contribution in [1.29, 1.82) is 0 Å². The third-order valence-electron chi connectivity index (χ3n) is 1.80. The Labute approximate surface area is 81.5 Å². The lowest BCUT2D eigenvalue weighted by Crippen LogP contribution is -1.91. The maximum Gasteiger partial charge on any atom is 0.307 e. The molecule has 0 radical (unpaired) electrons. The van der Waals surface area contributed by atoms with Gasteiger partial charge < -0.3 is 5.11 Å². The number of aryl methyl sites for hydroxylation is 1. The number of aliphatic carboxylic acids is 1. The number of hydrogen-bond acceptors (Lipinski definition) is 2. The van der Waals surface area contributed by atoms with Crippen LogP contribution < -0.4 is 0 Å². The summed E-state index contributed by atoms with van der Waals surface area (Å²) in [7, 11) is 0. The normalized spacial score (nSPS) is 11.7. The molecule has 1 N–H and O–H groups in total. The van der Waals surface area contributed by atoms with E-state index in [0.29, 0.717) is 0 Å². The molecule has 13 heavy (non-hydrogen) atoms. The average molecular weight is 196 g/mol. The number of hydrogen-bond donors (Lipinski definition) is 1. The molecule has 1 aromatic heterocycles. The van der Waals surface area contributed by atoms with E-state index < -0.39 is 5.97 Å². The number of rotatable bonds is 3. The molecular formula is C10H12O2S. The summed E-state index contributed by atoms with van der Waals surface area (Å²) in [6, 6.07) is 2.04. The summed E-state index contributed by atoms with van der Waals surface area (Å²) in [6.45, 7) is 3.98. The van der Waals surface area contributed by atoms with Crippen molar-refractivity contribution in [2.45, 2.75) is 20.3 Å². The van der Waals surface area contributed by atoms with Crippen molar-refractivity contribution in [2.75, 3.05) is 0 Å². The van der Waals surface area contributed by atoms with Crippen LogP contribution in [0.25, 0.3) is 5.57 Å². The lowest BCUT2D eigenvalue weighted by Gasteiger charge is -1.98. The predicted molar refractivity (Wildman–Crippen MR) is 55.0 cm³/mol. The first-order valence-corrected chi connectivity index (χ1v) is 4.92. The van der Waals surface area contributed by atoms with Crippen LogP contribution in [0.5, 0.6) is 0 Å². The number of thiophene rings is 1. The van der Waals surface area contributed by atoms with E-state index in [1.165, 1.54) is 10.4 Å². The molecule has 0 fully saturated rings. The Morgan fingerprint density at radius 2 is 2.38 bits per heavy atom. The lowest BCUT2D eigenvalue weighted by molar-refractivity contribution is -0.135. The zero-order valence-electron chi connectivity index (χ0n) is 7.70. The van der Waals surface area contributed by atoms with Crippen molar-refractivity contribution >= 4 is 22.9 Å². The topological polar surface area (TPSA) is 37.3 Å². The summed E-state index contributed by atoms with van der Waals surface area (Å²) in [4.78, 5) is 11.5. The number of carboxylic acids is 1. The van der Waals surface area contributed by atoms with Gasteiger partial charge in [-0.2, -0.15) is 0 Å². The van der Waals surface area contributed by atoms with Crippen molar-refractivity contribution in [3.8, 4) is 0 Å². The maximum atomic E-state index is 10.3. The minimum absolute atomic E-state index is 0.100. The van der Waals surface area contributed by atoms with E-state index in [4.69, 9.17) is 5.11 Å². The molecule has 3 heteroatoms. The standard InChI is InChI=1S/C10H12O2S/c1-7(3-4-9(11)12)10-8(2)5-6-13-10/h3,5-6H,4H2,1-2H3,(H,11,12)/b7-3+. The smallest absolute Gasteiger partial charge is 0.307 e. The Morgan fingerprint density at radius 3 is 2.85 bits per heavy atom. The van der Waals surface area contributed by atoms with Crippen LogP contribution in [0, 0.1) is 6.92 Å². The van der Waals surface area contributed by atoms with Crippen LogP contribution in [0.4, 0.5) is 0 Å². The molecule has 1 rings (SSSR count). The van der Waals surface area contributed by atoms with Crippen molar-refractivity contribution in [2.24, 2.45) is 0 Å². The van der Waals surface area contributed by atoms with Gasteiger partial charge in [0.1, 0.15) is 0 Å². The third kappa shape index (κ3) is 2.70. The summed E-state index contributed by atoms with van der Waals surface area (Å²) in [5, 5.41) is 10.5. The van der Waals surface area contributed by atoms with Crippen molar-refractivity contribution in [3.63, 3.8) is 0 Å². The van der Waals surface area contributed by atoms with Crippen LogP contribution in [0.3, 0.4) is 0 Å². The van der Waals surface area contributed by atoms with Crippen LogP contribution in [-0.4, -0.2) is 11.1 Å². The van der Waals surface area contributed by atoms with Crippen molar-refractivity contribution in [1.82, 2.24) is 0 Å². The van der Waals surface area contributed by atoms with E-state index in [1.807, 2.05) is 25.3 Å². The fraction of sp³-hybridized carbons (Fsp3) is 0.300. The fourth-order valence-corrected chi connectivity index (χ4v) is 2.04. The summed E-state index contributed by atoms with van der Waals surface area (Å²) in [5.41, 5.74) is 2.26. The number of carboxylic acid groups (broad SMARTS) is 1. The summed E-state index contributed by atoms with van der Waals surface area (Å²) < 4.78 is 0. The molecule has 0 atom stereocenters. The summed E-state index contributed by atoms with van der Waals surface area (Å²) >= 11 is 1.65. The van der Waals surface area contributed by atoms with Gasteiger partial charge in [-0.25, -0.2) is 0 Å². The molecule has 0 aromatic carbocycles. The van der Waals surface area contributed by atoms with E-state index in [9.17, 15) is 4.79 Å². The highest BCUT2D eigenvalue weighted by atomic mass is 32.1. The van der Waals surface area contributed by atoms with Crippen molar-refractivity contribution < 1.29 is 9.90 Å². The average Bonchev–Trinajstić information content (AvgIpc) is 2.47. The highest BCUT2D eigenvalue weighted by Crippen LogP contribution is 2.24. The van der Waals surface area contributed by atoms with Gasteiger partial charge >= 0.3 is 5.97 Å². The second-order valence-electron chi connectivity index (χ2n) is 2.92. The Kier molecular flexibility index (Phi) is 3.25. The highest BCUT2D eigenvalue weighted by molar-refractivity contribution is 7.11. The lowest BCUT2D eigenvalue weighted by atomic mass is 10.1. The fourth-order valence-electron chi connectivity index (χ4n) is 1.11. The number of allylic oxidation sites excluding steroid dienone is 1. The van der Waals surface area contributed by atoms with Gasteiger partial charge in [0.2, 0.25) is 0 Å². The molecule has 2 nitrogen and oxygen atoms in total. The van der Waals surface area contributed by atoms with Crippen LogP contribution in [0.15, 0.2) is 17.5 Å². The molecule has 0 saturated carbocycles. The van der Waals surface area contributed by atoms with E-state index in [0.717, 1.165) is 5.57 Å². The minimum atomic E-state index is -0.784. The molecule has 0 spiro atoms. The van der Waals surface area contributed by atoms with Gasteiger partial charge in [0.05, 0.1) is 6.42 Å². The third-order valence-corrected chi connectivity index (χ3v) is 2.95. The van der Waals surface area contributed by atoms with Gasteiger partial charge in [0.25, 0.3) is 0 Å². The molecule has 0 bridgehead atoms. The number of carbonyl (C=O) groups is 1. The molecule has 0 aliphatic heterocycles. The van der Waals surface area contributed by atoms with Gasteiger partial charge in [-0.15, -0.1) is 11.3 Å². The van der Waals surface area contributed by atoms with Gasteiger partial charge in [-0.3, -0.25) is 4.79 Å². The molecular weight excluding hydrogens is 184 g/mol. The quantitative estimate of drug-likeness (QED) is 0.807. The Morgan fingerprint density at radius 1 is 1.69 bits per heavy atom. The van der Waals surface area contributed by atoms with Crippen LogP contribution in [0.2, 0.25) is 0 Å². The maximum absolute atomic E-state index is 10.3. The van der Waals surface area contributed by atoms with Crippen LogP contribution in [-0.2, 0) is 4.79 Å². The van der Waals surface area contributed by atoms with Gasteiger partial charge in [0, 0.05) is 4.88 Å². The molecule has 0 aliphatic rings. The van der Waals surface area contributed by atoms with E-state index >= 15 is 0 Å². The first-order valence-electron chi connectivity index (χ1n) is 4.04. The molecule has 70 valence electrons. The molecule has 1 aromatic rings. The Balaban J connectivity index is 2.78. The monoisotopic (exact) mass is 196 g/mol. The zero-order valence-corrected chi connectivity index (χ0v) is 8.52. The predicted octanol–water partition coefficient (Wildman–Crippen LogP) is 2.93. The minimum Gasteiger partial charge on any atom is -0.481 e. The first-order chi connectivity index (χ1) is 6.11. The summed E-state index contributed by atoms with van der Waals surface area (Å²) in [5.74, 6) is -0.784. The van der Waals surface area contributed by atoms with E-state index in [-0.39, 0.29) is 6.42 Å². The Bertz CT molecular complexity index is 336. The molecule has 0 amide bonds. The first kappa shape index (κ1) is 9.99. The molecule has 1 heterocycles. The second kappa shape index (κ2) is 4.23. The van der Waals surface area contributed by atoms with Crippen molar-refractivity contribution in [3.05, 3.63) is 28.0 Å². The van der Waals surface area contributed by atoms with Crippen LogP contribution >= 0.6 is 11.3 Å². The highest BCUT2D eigenvalue weighted by Gasteiger charge is 2.02. The van der Waals surface area contributed by atoms with E-state index in [2.05, 4.69) is 0 Å². The largest absolute Gasteiger partial charge is 0.481 e. The zero-order chi connectivity index (χ0) is 9.84.